The topological polar surface area (TPSA) is 82.8 Å². The Morgan fingerprint density at radius 3 is 2.79 bits per heavy atom. The van der Waals surface area contributed by atoms with E-state index in [1.54, 1.807) is 7.05 Å². The molecule has 0 radical (unpaired) electrons. The maximum absolute atomic E-state index is 12.3. The van der Waals surface area contributed by atoms with Crippen LogP contribution in [0, 0.1) is 5.92 Å². The van der Waals surface area contributed by atoms with E-state index in [1.165, 1.54) is 5.56 Å². The maximum Gasteiger partial charge on any atom is 0.223 e. The first-order valence-electron chi connectivity index (χ1n) is 10.3. The van der Waals surface area contributed by atoms with Crippen molar-refractivity contribution in [3.05, 3.63) is 53.4 Å². The molecular weight excluding hydrogens is 366 g/mol. The van der Waals surface area contributed by atoms with Crippen molar-refractivity contribution >= 4 is 11.9 Å². The molecule has 1 aliphatic heterocycles. The molecule has 0 saturated carbocycles. The molecule has 0 aliphatic carbocycles. The summed E-state index contributed by atoms with van der Waals surface area (Å²) in [6.45, 7) is 6.96. The molecule has 7 nitrogen and oxygen atoms in total. The zero-order valence-corrected chi connectivity index (χ0v) is 17.5. The van der Waals surface area contributed by atoms with Crippen molar-refractivity contribution in [1.29, 1.82) is 0 Å². The van der Waals surface area contributed by atoms with Crippen LogP contribution in [0.25, 0.3) is 0 Å². The number of carbonyl (C=O) groups is 1. The number of guanidine groups is 1. The van der Waals surface area contributed by atoms with Crippen LogP contribution >= 0.6 is 0 Å². The zero-order valence-electron chi connectivity index (χ0n) is 17.5. The van der Waals surface area contributed by atoms with Gasteiger partial charge in [-0.1, -0.05) is 49.3 Å². The van der Waals surface area contributed by atoms with Crippen LogP contribution < -0.4 is 10.6 Å². The van der Waals surface area contributed by atoms with E-state index in [0.717, 1.165) is 31.0 Å². The Labute approximate surface area is 172 Å². The van der Waals surface area contributed by atoms with Crippen LogP contribution in [0.1, 0.15) is 43.2 Å². The van der Waals surface area contributed by atoms with E-state index in [9.17, 15) is 4.79 Å². The number of aliphatic imine (C=N–C) groups is 1. The largest absolute Gasteiger partial charge is 0.359 e. The number of hydrogen-bond acceptors (Lipinski definition) is 4. The molecule has 156 valence electrons. The number of rotatable bonds is 8. The molecule has 3 rings (SSSR count). The maximum atomic E-state index is 12.3. The van der Waals surface area contributed by atoms with Crippen molar-refractivity contribution in [2.45, 2.75) is 39.2 Å². The van der Waals surface area contributed by atoms with Gasteiger partial charge in [0.15, 0.2) is 11.7 Å². The van der Waals surface area contributed by atoms with Gasteiger partial charge in [-0.15, -0.1) is 0 Å². The summed E-state index contributed by atoms with van der Waals surface area (Å²) in [5.74, 6) is 2.34. The minimum Gasteiger partial charge on any atom is -0.359 e. The van der Waals surface area contributed by atoms with Crippen LogP contribution in [0.3, 0.4) is 0 Å². The Morgan fingerprint density at radius 1 is 1.31 bits per heavy atom. The van der Waals surface area contributed by atoms with E-state index < -0.39 is 0 Å². The fraction of sp³-hybridized carbons (Fsp3) is 0.500. The number of carbonyl (C=O) groups excluding carboxylic acids is 1. The number of amides is 1. The molecule has 1 fully saturated rings. The monoisotopic (exact) mass is 397 g/mol. The van der Waals surface area contributed by atoms with Crippen molar-refractivity contribution < 1.29 is 9.32 Å². The third-order valence-corrected chi connectivity index (χ3v) is 5.19. The number of benzene rings is 1. The average Bonchev–Trinajstić information content (AvgIpc) is 3.34. The van der Waals surface area contributed by atoms with Gasteiger partial charge in [-0.25, -0.2) is 0 Å². The molecule has 1 aliphatic rings. The molecule has 29 heavy (non-hydrogen) atoms. The van der Waals surface area contributed by atoms with Gasteiger partial charge in [-0.3, -0.25) is 9.79 Å². The van der Waals surface area contributed by atoms with E-state index in [-0.39, 0.29) is 11.8 Å². The minimum atomic E-state index is 0.235. The molecule has 1 aromatic carbocycles. The Hall–Kier alpha value is -2.83. The predicted molar refractivity (Wildman–Crippen MR) is 114 cm³/mol. The molecule has 1 aromatic heterocycles. The van der Waals surface area contributed by atoms with Crippen LogP contribution in [0.2, 0.25) is 0 Å². The van der Waals surface area contributed by atoms with E-state index in [4.69, 9.17) is 4.52 Å². The quantitative estimate of drug-likeness (QED) is 0.528. The first kappa shape index (κ1) is 20.9. The average molecular weight is 398 g/mol. The summed E-state index contributed by atoms with van der Waals surface area (Å²) >= 11 is 0. The van der Waals surface area contributed by atoms with Crippen LogP contribution in [-0.4, -0.2) is 48.6 Å². The number of nitrogens with one attached hydrogen (secondary N) is 2. The van der Waals surface area contributed by atoms with Crippen molar-refractivity contribution in [2.24, 2.45) is 10.9 Å². The van der Waals surface area contributed by atoms with Crippen LogP contribution in [0.5, 0.6) is 0 Å². The standard InChI is InChI=1S/C22H31N5O2/c1-16(2)20-12-19(29-26-20)14-25-22(23-3)24-13-18-11-21(28)27(15-18)10-9-17-7-5-4-6-8-17/h4-8,12,16,18H,9-11,13-15H2,1-3H3,(H2,23,24,25). The molecule has 1 unspecified atom stereocenters. The van der Waals surface area contributed by atoms with Crippen LogP contribution in [0.4, 0.5) is 0 Å². The Bertz CT molecular complexity index is 816. The second-order valence-corrected chi connectivity index (χ2v) is 7.82. The van der Waals surface area contributed by atoms with Gasteiger partial charge in [0, 0.05) is 45.1 Å². The summed E-state index contributed by atoms with van der Waals surface area (Å²) in [4.78, 5) is 18.5. The van der Waals surface area contributed by atoms with Gasteiger partial charge >= 0.3 is 0 Å². The van der Waals surface area contributed by atoms with Crippen LogP contribution in [0.15, 0.2) is 45.9 Å². The van der Waals surface area contributed by atoms with E-state index >= 15 is 0 Å². The van der Waals surface area contributed by atoms with Gasteiger partial charge in [0.25, 0.3) is 0 Å². The number of nitrogens with zero attached hydrogens (tertiary/aromatic N) is 3. The molecule has 2 aromatic rings. The third kappa shape index (κ3) is 6.07. The summed E-state index contributed by atoms with van der Waals surface area (Å²) < 4.78 is 5.34. The number of hydrogen-bond donors (Lipinski definition) is 2. The lowest BCUT2D eigenvalue weighted by atomic mass is 10.1. The summed E-state index contributed by atoms with van der Waals surface area (Å²) in [5, 5.41) is 10.6. The highest BCUT2D eigenvalue weighted by Crippen LogP contribution is 2.18. The highest BCUT2D eigenvalue weighted by molar-refractivity contribution is 5.80. The summed E-state index contributed by atoms with van der Waals surface area (Å²) in [6, 6.07) is 12.3. The van der Waals surface area contributed by atoms with Gasteiger partial charge in [-0.2, -0.15) is 0 Å². The SMILES string of the molecule is CN=C(NCc1cc(C(C)C)no1)NCC1CC(=O)N(CCc2ccccc2)C1. The normalized spacial score (nSPS) is 17.2. The Balaban J connectivity index is 1.40. The van der Waals surface area contributed by atoms with Gasteiger partial charge in [0.1, 0.15) is 0 Å². The lowest BCUT2D eigenvalue weighted by Gasteiger charge is -2.17. The molecule has 1 atom stereocenters. The minimum absolute atomic E-state index is 0.235. The fourth-order valence-corrected chi connectivity index (χ4v) is 3.43. The first-order chi connectivity index (χ1) is 14.0. The van der Waals surface area contributed by atoms with Gasteiger partial charge in [-0.05, 0) is 17.9 Å². The molecule has 1 saturated heterocycles. The molecular formula is C22H31N5O2. The second-order valence-electron chi connectivity index (χ2n) is 7.82. The lowest BCUT2D eigenvalue weighted by Crippen LogP contribution is -2.40. The second kappa shape index (κ2) is 10.1. The lowest BCUT2D eigenvalue weighted by molar-refractivity contribution is -0.127. The van der Waals surface area contributed by atoms with Crippen molar-refractivity contribution in [2.75, 3.05) is 26.7 Å². The highest BCUT2D eigenvalue weighted by Gasteiger charge is 2.29. The molecule has 0 bridgehead atoms. The van der Waals surface area contributed by atoms with Crippen LogP contribution in [-0.2, 0) is 17.8 Å². The van der Waals surface area contributed by atoms with Crippen molar-refractivity contribution in [3.63, 3.8) is 0 Å². The van der Waals surface area contributed by atoms with Crippen molar-refractivity contribution in [1.82, 2.24) is 20.7 Å². The Kier molecular flexibility index (Phi) is 7.27. The smallest absolute Gasteiger partial charge is 0.223 e. The summed E-state index contributed by atoms with van der Waals surface area (Å²) in [5.41, 5.74) is 2.21. The van der Waals surface area contributed by atoms with E-state index in [2.05, 4.69) is 46.8 Å². The third-order valence-electron chi connectivity index (χ3n) is 5.19. The predicted octanol–water partition coefficient (Wildman–Crippen LogP) is 2.55. The molecule has 2 heterocycles. The van der Waals surface area contributed by atoms with Crippen molar-refractivity contribution in [3.8, 4) is 0 Å². The number of aromatic nitrogens is 1. The Morgan fingerprint density at radius 2 is 2.10 bits per heavy atom. The highest BCUT2D eigenvalue weighted by atomic mass is 16.5. The van der Waals surface area contributed by atoms with E-state index in [1.807, 2.05) is 29.2 Å². The first-order valence-corrected chi connectivity index (χ1v) is 10.3. The van der Waals surface area contributed by atoms with Gasteiger partial charge < -0.3 is 20.1 Å². The molecule has 2 N–H and O–H groups in total. The zero-order chi connectivity index (χ0) is 20.6. The molecule has 1 amide bonds. The van der Waals surface area contributed by atoms with Gasteiger partial charge in [0.05, 0.1) is 12.2 Å². The molecule has 7 heteroatoms. The summed E-state index contributed by atoms with van der Waals surface area (Å²) in [6.07, 6.45) is 1.48. The molecule has 0 spiro atoms. The van der Waals surface area contributed by atoms with E-state index in [0.29, 0.717) is 31.4 Å². The van der Waals surface area contributed by atoms with Gasteiger partial charge in [0.2, 0.25) is 5.91 Å². The number of likely N-dealkylation sites (tertiary alicyclic amines) is 1. The summed E-state index contributed by atoms with van der Waals surface area (Å²) in [7, 11) is 1.74. The fourth-order valence-electron chi connectivity index (χ4n) is 3.43.